The molecule has 4 aromatic rings. The number of benzene rings is 2. The molecule has 2 aromatic carbocycles. The van der Waals surface area contributed by atoms with Crippen molar-refractivity contribution in [3.63, 3.8) is 0 Å². The molecule has 0 spiro atoms. The third kappa shape index (κ3) is 3.63. The van der Waals surface area contributed by atoms with Gasteiger partial charge < -0.3 is 0 Å². The van der Waals surface area contributed by atoms with Crippen LogP contribution in [0.1, 0.15) is 21.8 Å². The largest absolute Gasteiger partial charge is 0.274 e. The van der Waals surface area contributed by atoms with Gasteiger partial charge in [0.2, 0.25) is 11.8 Å². The molecule has 4 aliphatic rings. The van der Waals surface area contributed by atoms with Gasteiger partial charge in [0.1, 0.15) is 12.1 Å². The van der Waals surface area contributed by atoms with Crippen LogP contribution >= 0.6 is 54.5 Å². The smallest absolute Gasteiger partial charge is 0.253 e. The molecule has 0 unspecified atom stereocenters. The van der Waals surface area contributed by atoms with E-state index in [-0.39, 0.29) is 23.6 Å². The van der Waals surface area contributed by atoms with E-state index in [1.165, 1.54) is 32.5 Å². The number of para-hydroxylation sites is 2. The summed E-state index contributed by atoms with van der Waals surface area (Å²) in [5.74, 6) is -2.83. The van der Waals surface area contributed by atoms with Crippen molar-refractivity contribution in [2.45, 2.75) is 24.2 Å². The first-order valence-corrected chi connectivity index (χ1v) is 16.5. The van der Waals surface area contributed by atoms with Gasteiger partial charge in [-0.15, -0.1) is 22.7 Å². The lowest BCUT2D eigenvalue weighted by Gasteiger charge is -2.35. The first-order valence-electron chi connectivity index (χ1n) is 13.3. The number of thiophene rings is 2. The molecule has 4 amide bonds. The highest BCUT2D eigenvalue weighted by Crippen LogP contribution is 2.61. The van der Waals surface area contributed by atoms with Gasteiger partial charge in [-0.05, 0) is 80.4 Å². The predicted molar refractivity (Wildman–Crippen MR) is 166 cm³/mol. The Balaban J connectivity index is 1.33. The summed E-state index contributed by atoms with van der Waals surface area (Å²) < 4.78 is 1.75. The van der Waals surface area contributed by atoms with Crippen LogP contribution in [-0.4, -0.2) is 45.7 Å². The average molecular weight is 724 g/mol. The molecule has 8 nitrogen and oxygen atoms in total. The number of hydrogen-bond acceptors (Lipinski definition) is 8. The van der Waals surface area contributed by atoms with E-state index in [1.54, 1.807) is 48.5 Å². The summed E-state index contributed by atoms with van der Waals surface area (Å²) in [6.45, 7) is 0. The third-order valence-electron chi connectivity index (χ3n) is 8.52. The van der Waals surface area contributed by atoms with E-state index in [2.05, 4.69) is 31.9 Å². The molecule has 42 heavy (non-hydrogen) atoms. The number of imide groups is 2. The number of nitrogens with zero attached hydrogens (tertiary/aromatic N) is 4. The molecule has 0 saturated carbocycles. The van der Waals surface area contributed by atoms with Crippen LogP contribution in [0.25, 0.3) is 0 Å². The standard InChI is InChI=1S/C30H20Br2N4O4S2/c31-19-13-11-17(41-19)23-21-25(29(39)33(27(21)37)15-7-3-1-4-8-15)35-24(18-12-14-20(32)42-18)22-26(36(23)35)30(40)34(28(22)38)16-9-5-2-6-10-16/h1-14,21-26H/t21-,22-,23+,24+,25-,26+/m0/s1. The summed E-state index contributed by atoms with van der Waals surface area (Å²) in [5.41, 5.74) is 1.02. The first kappa shape index (κ1) is 26.6. The number of hydrazine groups is 1. The van der Waals surface area contributed by atoms with Crippen molar-refractivity contribution < 1.29 is 19.2 Å². The topological polar surface area (TPSA) is 81.2 Å². The molecule has 8 rings (SSSR count). The molecule has 6 heterocycles. The highest BCUT2D eigenvalue weighted by atomic mass is 79.9. The zero-order valence-corrected chi connectivity index (χ0v) is 26.3. The highest BCUT2D eigenvalue weighted by Gasteiger charge is 2.74. The minimum absolute atomic E-state index is 0.306. The second kappa shape index (κ2) is 9.76. The van der Waals surface area contributed by atoms with Crippen LogP contribution in [-0.2, 0) is 19.2 Å². The predicted octanol–water partition coefficient (Wildman–Crippen LogP) is 5.78. The zero-order chi connectivity index (χ0) is 28.9. The number of halogens is 2. The van der Waals surface area contributed by atoms with Gasteiger partial charge in [0.25, 0.3) is 11.8 Å². The number of fused-ring (bicyclic) bond motifs is 5. The van der Waals surface area contributed by atoms with Crippen LogP contribution in [0.4, 0.5) is 11.4 Å². The summed E-state index contributed by atoms with van der Waals surface area (Å²) >= 11 is 10.1. The molecule has 4 aliphatic heterocycles. The van der Waals surface area contributed by atoms with Crippen LogP contribution in [0.15, 0.2) is 92.5 Å². The molecule has 4 fully saturated rings. The van der Waals surface area contributed by atoms with Crippen molar-refractivity contribution in [2.75, 3.05) is 9.80 Å². The summed E-state index contributed by atoms with van der Waals surface area (Å²) in [4.78, 5) is 61.4. The lowest BCUT2D eigenvalue weighted by atomic mass is 9.88. The quantitative estimate of drug-likeness (QED) is 0.249. The fourth-order valence-electron chi connectivity index (χ4n) is 7.03. The van der Waals surface area contributed by atoms with Crippen molar-refractivity contribution in [1.29, 1.82) is 0 Å². The molecule has 0 bridgehead atoms. The van der Waals surface area contributed by atoms with E-state index < -0.39 is 36.0 Å². The lowest BCUT2D eigenvalue weighted by Crippen LogP contribution is -2.50. The molecule has 12 heteroatoms. The van der Waals surface area contributed by atoms with E-state index in [1.807, 2.05) is 46.4 Å². The molecule has 0 aliphatic carbocycles. The Hall–Kier alpha value is -3.00. The normalized spacial score (nSPS) is 29.1. The summed E-state index contributed by atoms with van der Waals surface area (Å²) in [6, 6.07) is 22.6. The minimum Gasteiger partial charge on any atom is -0.274 e. The van der Waals surface area contributed by atoms with E-state index >= 15 is 0 Å². The maximum absolute atomic E-state index is 14.3. The van der Waals surface area contributed by atoms with Crippen molar-refractivity contribution in [2.24, 2.45) is 11.8 Å². The maximum Gasteiger partial charge on any atom is 0.253 e. The minimum atomic E-state index is -0.870. The molecule has 4 saturated heterocycles. The number of hydrogen-bond donors (Lipinski definition) is 0. The molecule has 2 aromatic heterocycles. The molecular weight excluding hydrogens is 704 g/mol. The average Bonchev–Trinajstić information content (AvgIpc) is 3.81. The Morgan fingerprint density at radius 3 is 1.19 bits per heavy atom. The van der Waals surface area contributed by atoms with E-state index in [0.29, 0.717) is 11.4 Å². The Labute approximate surface area is 265 Å². The third-order valence-corrected chi connectivity index (χ3v) is 11.9. The van der Waals surface area contributed by atoms with Crippen LogP contribution in [0.2, 0.25) is 0 Å². The van der Waals surface area contributed by atoms with Gasteiger partial charge in [-0.25, -0.2) is 19.8 Å². The summed E-state index contributed by atoms with van der Waals surface area (Å²) in [7, 11) is 0. The van der Waals surface area contributed by atoms with Crippen molar-refractivity contribution >= 4 is 89.5 Å². The fourth-order valence-corrected chi connectivity index (χ4v) is 10.2. The molecule has 0 radical (unpaired) electrons. The van der Waals surface area contributed by atoms with Gasteiger partial charge in [0, 0.05) is 9.75 Å². The zero-order valence-electron chi connectivity index (χ0n) is 21.5. The number of rotatable bonds is 4. The maximum atomic E-state index is 14.3. The Bertz CT molecular complexity index is 1650. The second-order valence-electron chi connectivity index (χ2n) is 10.6. The fraction of sp³-hybridized carbons (Fsp3) is 0.200. The lowest BCUT2D eigenvalue weighted by molar-refractivity contribution is -0.135. The SMILES string of the molecule is O=C1[C@@H]2[C@@H](C(=O)N1c1ccccc1)N1[C@H](c3ccc(Br)s3)[C@@H]3C(=O)N(c4ccccc4)C(=O)[C@@H]3N1[C@@H]2c1ccc(Br)s1. The van der Waals surface area contributed by atoms with Crippen molar-refractivity contribution in [3.8, 4) is 0 Å². The van der Waals surface area contributed by atoms with Crippen LogP contribution < -0.4 is 9.80 Å². The Kier molecular flexibility index (Phi) is 6.19. The van der Waals surface area contributed by atoms with Crippen LogP contribution in [0, 0.1) is 11.8 Å². The van der Waals surface area contributed by atoms with Crippen LogP contribution in [0.5, 0.6) is 0 Å². The summed E-state index contributed by atoms with van der Waals surface area (Å²) in [5, 5.41) is 3.80. The monoisotopic (exact) mass is 722 g/mol. The molecule has 210 valence electrons. The van der Waals surface area contributed by atoms with E-state index in [0.717, 1.165) is 17.3 Å². The number of carbonyl (C=O) groups excluding carboxylic acids is 4. The number of carbonyl (C=O) groups is 4. The van der Waals surface area contributed by atoms with Gasteiger partial charge >= 0.3 is 0 Å². The highest BCUT2D eigenvalue weighted by molar-refractivity contribution is 9.11. The second-order valence-corrected chi connectivity index (χ2v) is 15.6. The van der Waals surface area contributed by atoms with Gasteiger partial charge in [0.15, 0.2) is 0 Å². The van der Waals surface area contributed by atoms with Gasteiger partial charge in [-0.1, -0.05) is 36.4 Å². The Morgan fingerprint density at radius 2 is 0.857 bits per heavy atom. The molecular formula is C30H20Br2N4O4S2. The molecule has 6 atom stereocenters. The van der Waals surface area contributed by atoms with E-state index in [4.69, 9.17) is 0 Å². The number of amides is 4. The van der Waals surface area contributed by atoms with E-state index in [9.17, 15) is 19.2 Å². The summed E-state index contributed by atoms with van der Waals surface area (Å²) in [6.07, 6.45) is 0. The van der Waals surface area contributed by atoms with Crippen molar-refractivity contribution in [3.05, 3.63) is 102 Å². The first-order chi connectivity index (χ1) is 20.4. The Morgan fingerprint density at radius 1 is 0.476 bits per heavy atom. The van der Waals surface area contributed by atoms with Gasteiger partial charge in [0.05, 0.1) is 42.9 Å². The van der Waals surface area contributed by atoms with Crippen molar-refractivity contribution in [1.82, 2.24) is 10.0 Å². The van der Waals surface area contributed by atoms with Gasteiger partial charge in [-0.3, -0.25) is 19.2 Å². The molecule has 0 N–H and O–H groups in total. The number of anilines is 2. The van der Waals surface area contributed by atoms with Crippen LogP contribution in [0.3, 0.4) is 0 Å². The van der Waals surface area contributed by atoms with Gasteiger partial charge in [-0.2, -0.15) is 0 Å².